The van der Waals surface area contributed by atoms with Gasteiger partial charge in [-0.3, -0.25) is 4.79 Å². The van der Waals surface area contributed by atoms with Gasteiger partial charge in [-0.2, -0.15) is 0 Å². The second-order valence-corrected chi connectivity index (χ2v) is 4.51. The SMILES string of the molecule is CC(N)c1nnc(NC(=O)C2CC2)s1. The number of hydrogen-bond acceptors (Lipinski definition) is 5. The molecule has 1 unspecified atom stereocenters. The first kappa shape index (κ1) is 9.54. The van der Waals surface area contributed by atoms with Gasteiger partial charge in [-0.05, 0) is 19.8 Å². The molecule has 0 spiro atoms. The van der Waals surface area contributed by atoms with Gasteiger partial charge in [0, 0.05) is 5.92 Å². The Morgan fingerprint density at radius 1 is 1.64 bits per heavy atom. The first-order valence-electron chi connectivity index (χ1n) is 4.56. The van der Waals surface area contributed by atoms with E-state index in [9.17, 15) is 4.79 Å². The van der Waals surface area contributed by atoms with Gasteiger partial charge in [0.2, 0.25) is 11.0 Å². The molecule has 0 radical (unpaired) electrons. The van der Waals surface area contributed by atoms with Crippen LogP contribution in [0.25, 0.3) is 0 Å². The van der Waals surface area contributed by atoms with Crippen LogP contribution in [0.5, 0.6) is 0 Å². The van der Waals surface area contributed by atoms with Crippen molar-refractivity contribution >= 4 is 22.4 Å². The normalized spacial score (nSPS) is 17.9. The molecule has 76 valence electrons. The zero-order chi connectivity index (χ0) is 10.1. The smallest absolute Gasteiger partial charge is 0.229 e. The summed E-state index contributed by atoms with van der Waals surface area (Å²) in [4.78, 5) is 11.4. The summed E-state index contributed by atoms with van der Waals surface area (Å²) in [6.45, 7) is 1.84. The van der Waals surface area contributed by atoms with Crippen LogP contribution >= 0.6 is 11.3 Å². The maximum absolute atomic E-state index is 11.4. The fourth-order valence-corrected chi connectivity index (χ4v) is 1.72. The van der Waals surface area contributed by atoms with Crippen molar-refractivity contribution in [1.82, 2.24) is 10.2 Å². The van der Waals surface area contributed by atoms with E-state index in [0.29, 0.717) is 5.13 Å². The highest BCUT2D eigenvalue weighted by atomic mass is 32.1. The summed E-state index contributed by atoms with van der Waals surface area (Å²) in [6.07, 6.45) is 1.98. The van der Waals surface area contributed by atoms with Crippen molar-refractivity contribution in [3.63, 3.8) is 0 Å². The number of nitrogens with two attached hydrogens (primary N) is 1. The predicted molar refractivity (Wildman–Crippen MR) is 53.9 cm³/mol. The highest BCUT2D eigenvalue weighted by molar-refractivity contribution is 7.15. The average molecular weight is 212 g/mol. The first-order chi connectivity index (χ1) is 6.66. The van der Waals surface area contributed by atoms with Crippen LogP contribution in [-0.4, -0.2) is 16.1 Å². The summed E-state index contributed by atoms with van der Waals surface area (Å²) >= 11 is 1.34. The number of nitrogens with one attached hydrogen (secondary N) is 1. The predicted octanol–water partition coefficient (Wildman–Crippen LogP) is 0.906. The molecule has 6 heteroatoms. The van der Waals surface area contributed by atoms with Gasteiger partial charge in [0.25, 0.3) is 0 Å². The van der Waals surface area contributed by atoms with E-state index < -0.39 is 0 Å². The number of hydrogen-bond donors (Lipinski definition) is 2. The van der Waals surface area contributed by atoms with Crippen LogP contribution in [0, 0.1) is 5.92 Å². The van der Waals surface area contributed by atoms with Crippen LogP contribution in [0.3, 0.4) is 0 Å². The summed E-state index contributed by atoms with van der Waals surface area (Å²) in [5, 5.41) is 11.7. The maximum atomic E-state index is 11.4. The van der Waals surface area contributed by atoms with Crippen LogP contribution in [-0.2, 0) is 4.79 Å². The summed E-state index contributed by atoms with van der Waals surface area (Å²) in [5.41, 5.74) is 5.63. The van der Waals surface area contributed by atoms with Gasteiger partial charge in [-0.15, -0.1) is 10.2 Å². The molecule has 14 heavy (non-hydrogen) atoms. The fraction of sp³-hybridized carbons (Fsp3) is 0.625. The molecule has 0 aliphatic heterocycles. The lowest BCUT2D eigenvalue weighted by molar-refractivity contribution is -0.117. The molecule has 0 bridgehead atoms. The van der Waals surface area contributed by atoms with Gasteiger partial charge in [0.05, 0.1) is 6.04 Å². The number of nitrogens with zero attached hydrogens (tertiary/aromatic N) is 2. The molecule has 1 aliphatic carbocycles. The lowest BCUT2D eigenvalue weighted by Crippen LogP contribution is -2.12. The summed E-state index contributed by atoms with van der Waals surface area (Å²) in [5.74, 6) is 0.245. The Hall–Kier alpha value is -1.01. The van der Waals surface area contributed by atoms with E-state index in [1.807, 2.05) is 6.92 Å². The Labute approximate surface area is 85.7 Å². The van der Waals surface area contributed by atoms with Crippen LogP contribution in [0.1, 0.15) is 30.8 Å². The molecule has 1 saturated carbocycles. The molecular weight excluding hydrogens is 200 g/mol. The van der Waals surface area contributed by atoms with Gasteiger partial charge < -0.3 is 11.1 Å². The molecule has 1 aromatic rings. The average Bonchev–Trinajstić information content (AvgIpc) is 2.87. The van der Waals surface area contributed by atoms with Crippen LogP contribution in [0.2, 0.25) is 0 Å². The quantitative estimate of drug-likeness (QED) is 0.780. The maximum Gasteiger partial charge on any atom is 0.229 e. The standard InChI is InChI=1S/C8H12N4OS/c1-4(9)7-11-12-8(14-7)10-6(13)5-2-3-5/h4-5H,2-3,9H2,1H3,(H,10,12,13). The molecular formula is C8H12N4OS. The molecule has 1 aliphatic rings. The topological polar surface area (TPSA) is 80.9 Å². The zero-order valence-electron chi connectivity index (χ0n) is 7.86. The minimum absolute atomic E-state index is 0.0531. The van der Waals surface area contributed by atoms with E-state index in [0.717, 1.165) is 17.8 Å². The number of amides is 1. The Morgan fingerprint density at radius 2 is 2.36 bits per heavy atom. The minimum Gasteiger partial charge on any atom is -0.322 e. The van der Waals surface area contributed by atoms with E-state index >= 15 is 0 Å². The third kappa shape index (κ3) is 2.08. The van der Waals surface area contributed by atoms with Crippen LogP contribution in [0.4, 0.5) is 5.13 Å². The third-order valence-corrected chi connectivity index (χ3v) is 3.05. The Kier molecular flexibility index (Phi) is 2.47. The monoisotopic (exact) mass is 212 g/mol. The molecule has 1 atom stereocenters. The lowest BCUT2D eigenvalue weighted by atomic mass is 10.4. The van der Waals surface area contributed by atoms with Gasteiger partial charge in [0.1, 0.15) is 5.01 Å². The molecule has 3 N–H and O–H groups in total. The molecule has 1 aromatic heterocycles. The number of carbonyl (C=O) groups is 1. The summed E-state index contributed by atoms with van der Waals surface area (Å²) < 4.78 is 0. The van der Waals surface area contributed by atoms with E-state index in [2.05, 4.69) is 15.5 Å². The van der Waals surface area contributed by atoms with Crippen molar-refractivity contribution in [2.24, 2.45) is 11.7 Å². The van der Waals surface area contributed by atoms with Crippen molar-refractivity contribution in [2.75, 3.05) is 5.32 Å². The van der Waals surface area contributed by atoms with E-state index in [1.54, 1.807) is 0 Å². The lowest BCUT2D eigenvalue weighted by Gasteiger charge is -1.97. The van der Waals surface area contributed by atoms with Crippen molar-refractivity contribution < 1.29 is 4.79 Å². The van der Waals surface area contributed by atoms with Gasteiger partial charge in [0.15, 0.2) is 0 Å². The largest absolute Gasteiger partial charge is 0.322 e. The van der Waals surface area contributed by atoms with E-state index in [-0.39, 0.29) is 17.9 Å². The molecule has 5 nitrogen and oxygen atoms in total. The van der Waals surface area contributed by atoms with Gasteiger partial charge in [-0.25, -0.2) is 0 Å². The second kappa shape index (κ2) is 3.62. The van der Waals surface area contributed by atoms with E-state index in [1.165, 1.54) is 11.3 Å². The molecule has 1 fully saturated rings. The van der Waals surface area contributed by atoms with Crippen molar-refractivity contribution in [3.05, 3.63) is 5.01 Å². The number of carbonyl (C=O) groups excluding carboxylic acids is 1. The Morgan fingerprint density at radius 3 is 2.86 bits per heavy atom. The fourth-order valence-electron chi connectivity index (χ4n) is 1.02. The Bertz CT molecular complexity index is 345. The molecule has 1 amide bonds. The molecule has 0 saturated heterocycles. The van der Waals surface area contributed by atoms with Crippen molar-refractivity contribution in [3.8, 4) is 0 Å². The van der Waals surface area contributed by atoms with Crippen LogP contribution in [0.15, 0.2) is 0 Å². The third-order valence-electron chi connectivity index (χ3n) is 2.01. The molecule has 2 rings (SSSR count). The highest BCUT2D eigenvalue weighted by Gasteiger charge is 2.30. The summed E-state index contributed by atoms with van der Waals surface area (Å²) in [7, 11) is 0. The molecule has 0 aromatic carbocycles. The van der Waals surface area contributed by atoms with E-state index in [4.69, 9.17) is 5.73 Å². The van der Waals surface area contributed by atoms with Crippen molar-refractivity contribution in [1.29, 1.82) is 0 Å². The molecule has 1 heterocycles. The zero-order valence-corrected chi connectivity index (χ0v) is 8.67. The minimum atomic E-state index is -0.126. The van der Waals surface area contributed by atoms with Gasteiger partial charge >= 0.3 is 0 Å². The van der Waals surface area contributed by atoms with Crippen LogP contribution < -0.4 is 11.1 Å². The first-order valence-corrected chi connectivity index (χ1v) is 5.38. The Balaban J connectivity index is 1.98. The van der Waals surface area contributed by atoms with Crippen molar-refractivity contribution in [2.45, 2.75) is 25.8 Å². The highest BCUT2D eigenvalue weighted by Crippen LogP contribution is 2.30. The van der Waals surface area contributed by atoms with Gasteiger partial charge in [-0.1, -0.05) is 11.3 Å². The number of aromatic nitrogens is 2. The second-order valence-electron chi connectivity index (χ2n) is 3.50. The number of anilines is 1. The number of rotatable bonds is 3. The summed E-state index contributed by atoms with van der Waals surface area (Å²) in [6, 6.07) is -0.126.